The number of benzene rings is 2. The van der Waals surface area contributed by atoms with Crippen LogP contribution in [0.5, 0.6) is 11.5 Å². The zero-order valence-corrected chi connectivity index (χ0v) is 18.7. The van der Waals surface area contributed by atoms with Gasteiger partial charge in [0.2, 0.25) is 5.91 Å². The molecule has 166 valence electrons. The molecule has 2 aliphatic heterocycles. The lowest BCUT2D eigenvalue weighted by Gasteiger charge is -2.25. The summed E-state index contributed by atoms with van der Waals surface area (Å²) < 4.78 is 13.7. The minimum atomic E-state index is -0.348. The van der Waals surface area contributed by atoms with Gasteiger partial charge in [0.05, 0.1) is 5.75 Å². The molecule has 1 N–H and O–H groups in total. The summed E-state index contributed by atoms with van der Waals surface area (Å²) in [6.45, 7) is 2.57. The Balaban J connectivity index is 1.16. The van der Waals surface area contributed by atoms with E-state index in [-0.39, 0.29) is 17.8 Å². The second-order valence-corrected chi connectivity index (χ2v) is 8.78. The third-order valence-corrected chi connectivity index (χ3v) is 6.64. The van der Waals surface area contributed by atoms with Crippen molar-refractivity contribution in [3.05, 3.63) is 54.4 Å². The first-order valence-corrected chi connectivity index (χ1v) is 11.7. The summed E-state index contributed by atoms with van der Waals surface area (Å²) >= 11 is 1.34. The molecule has 1 amide bonds. The third kappa shape index (κ3) is 4.38. The zero-order valence-electron chi connectivity index (χ0n) is 17.9. The SMILES string of the molecule is Cn1c(SCC(=O)Nc2ccc(N3CCCC3)cc2)nnc1C1COc2ccccc2O1. The van der Waals surface area contributed by atoms with Crippen LogP contribution < -0.4 is 19.7 Å². The summed E-state index contributed by atoms with van der Waals surface area (Å²) in [5.41, 5.74) is 2.00. The lowest BCUT2D eigenvalue weighted by Crippen LogP contribution is -2.24. The summed E-state index contributed by atoms with van der Waals surface area (Å²) in [5, 5.41) is 12.1. The van der Waals surface area contributed by atoms with E-state index < -0.39 is 0 Å². The average molecular weight is 452 g/mol. The van der Waals surface area contributed by atoms with Crippen molar-refractivity contribution >= 4 is 29.0 Å². The molecule has 0 aliphatic carbocycles. The van der Waals surface area contributed by atoms with E-state index in [4.69, 9.17) is 9.47 Å². The van der Waals surface area contributed by atoms with E-state index in [9.17, 15) is 4.79 Å². The number of carbonyl (C=O) groups is 1. The fraction of sp³-hybridized carbons (Fsp3) is 0.348. The van der Waals surface area contributed by atoms with E-state index in [0.717, 1.165) is 24.5 Å². The first-order chi connectivity index (χ1) is 15.7. The second kappa shape index (κ2) is 9.12. The van der Waals surface area contributed by atoms with E-state index in [1.807, 2.05) is 48.0 Å². The van der Waals surface area contributed by atoms with Crippen molar-refractivity contribution in [1.82, 2.24) is 14.8 Å². The van der Waals surface area contributed by atoms with Crippen LogP contribution in [0.4, 0.5) is 11.4 Å². The number of nitrogens with one attached hydrogen (secondary N) is 1. The van der Waals surface area contributed by atoms with Crippen molar-refractivity contribution < 1.29 is 14.3 Å². The Morgan fingerprint density at radius 1 is 1.09 bits per heavy atom. The predicted octanol–water partition coefficient (Wildman–Crippen LogP) is 3.66. The molecule has 9 heteroatoms. The molecule has 0 saturated carbocycles. The number of nitrogens with zero attached hydrogens (tertiary/aromatic N) is 4. The third-order valence-electron chi connectivity index (χ3n) is 5.62. The van der Waals surface area contributed by atoms with Crippen molar-refractivity contribution in [2.75, 3.05) is 35.7 Å². The van der Waals surface area contributed by atoms with Crippen LogP contribution in [0.1, 0.15) is 24.8 Å². The fourth-order valence-electron chi connectivity index (χ4n) is 3.94. The van der Waals surface area contributed by atoms with Crippen LogP contribution in [-0.4, -0.2) is 46.1 Å². The Hall–Kier alpha value is -3.20. The molecular formula is C23H25N5O3S. The quantitative estimate of drug-likeness (QED) is 0.573. The number of rotatable bonds is 6. The summed E-state index contributed by atoms with van der Waals surface area (Å²) in [6.07, 6.45) is 2.14. The molecule has 1 saturated heterocycles. The second-order valence-electron chi connectivity index (χ2n) is 7.84. The number of para-hydroxylation sites is 2. The maximum absolute atomic E-state index is 12.4. The Bertz CT molecular complexity index is 1100. The number of ether oxygens (including phenoxy) is 2. The van der Waals surface area contributed by atoms with Crippen LogP contribution in [0.25, 0.3) is 0 Å². The number of hydrogen-bond donors (Lipinski definition) is 1. The van der Waals surface area contributed by atoms with Gasteiger partial charge in [0, 0.05) is 31.5 Å². The normalized spacial score (nSPS) is 17.4. The van der Waals surface area contributed by atoms with E-state index in [2.05, 4.69) is 32.5 Å². The monoisotopic (exact) mass is 451 g/mol. The standard InChI is InChI=1S/C23H25N5O3S/c1-27-22(20-14-30-18-6-2-3-7-19(18)31-20)25-26-23(27)32-15-21(29)24-16-8-10-17(11-9-16)28-12-4-5-13-28/h2-3,6-11,20H,4-5,12-15H2,1H3,(H,24,29). The van der Waals surface area contributed by atoms with Gasteiger partial charge in [-0.05, 0) is 49.2 Å². The molecule has 2 aromatic carbocycles. The number of aromatic nitrogens is 3. The summed E-state index contributed by atoms with van der Waals surface area (Å²) in [6, 6.07) is 15.6. The first-order valence-electron chi connectivity index (χ1n) is 10.7. The van der Waals surface area contributed by atoms with Gasteiger partial charge in [0.15, 0.2) is 28.6 Å². The van der Waals surface area contributed by atoms with Gasteiger partial charge < -0.3 is 24.3 Å². The molecule has 1 aromatic heterocycles. The van der Waals surface area contributed by atoms with Gasteiger partial charge in [0.1, 0.15) is 6.61 Å². The molecule has 32 heavy (non-hydrogen) atoms. The van der Waals surface area contributed by atoms with Gasteiger partial charge >= 0.3 is 0 Å². The van der Waals surface area contributed by atoms with Crippen LogP contribution >= 0.6 is 11.8 Å². The highest BCUT2D eigenvalue weighted by atomic mass is 32.2. The van der Waals surface area contributed by atoms with Crippen molar-refractivity contribution in [1.29, 1.82) is 0 Å². The minimum absolute atomic E-state index is 0.0837. The molecular weight excluding hydrogens is 426 g/mol. The molecule has 1 unspecified atom stereocenters. The highest BCUT2D eigenvalue weighted by molar-refractivity contribution is 7.99. The molecule has 1 atom stereocenters. The van der Waals surface area contributed by atoms with Gasteiger partial charge in [-0.15, -0.1) is 10.2 Å². The van der Waals surface area contributed by atoms with Crippen LogP contribution in [0.2, 0.25) is 0 Å². The molecule has 0 bridgehead atoms. The number of hydrogen-bond acceptors (Lipinski definition) is 7. The Morgan fingerprint density at radius 3 is 2.62 bits per heavy atom. The molecule has 2 aliphatic rings. The fourth-order valence-corrected chi connectivity index (χ4v) is 4.66. The molecule has 1 fully saturated rings. The molecule has 3 aromatic rings. The molecule has 0 radical (unpaired) electrons. The highest BCUT2D eigenvalue weighted by Gasteiger charge is 2.27. The van der Waals surface area contributed by atoms with Gasteiger partial charge in [-0.25, -0.2) is 0 Å². The maximum Gasteiger partial charge on any atom is 0.234 e. The highest BCUT2D eigenvalue weighted by Crippen LogP contribution is 2.35. The number of carbonyl (C=O) groups excluding carboxylic acids is 1. The lowest BCUT2D eigenvalue weighted by atomic mass is 10.2. The number of amides is 1. The van der Waals surface area contributed by atoms with E-state index >= 15 is 0 Å². The summed E-state index contributed by atoms with van der Waals surface area (Å²) in [5.74, 6) is 2.24. The van der Waals surface area contributed by atoms with Crippen molar-refractivity contribution in [2.45, 2.75) is 24.1 Å². The maximum atomic E-state index is 12.4. The van der Waals surface area contributed by atoms with E-state index in [1.54, 1.807) is 0 Å². The van der Waals surface area contributed by atoms with Crippen molar-refractivity contribution in [3.63, 3.8) is 0 Å². The zero-order chi connectivity index (χ0) is 21.9. The molecule has 8 nitrogen and oxygen atoms in total. The van der Waals surface area contributed by atoms with E-state index in [0.29, 0.717) is 23.3 Å². The number of thioether (sulfide) groups is 1. The van der Waals surface area contributed by atoms with Crippen molar-refractivity contribution in [3.8, 4) is 11.5 Å². The van der Waals surface area contributed by atoms with Crippen LogP contribution in [0.3, 0.4) is 0 Å². The lowest BCUT2D eigenvalue weighted by molar-refractivity contribution is -0.113. The van der Waals surface area contributed by atoms with Gasteiger partial charge in [-0.3, -0.25) is 4.79 Å². The Kier molecular flexibility index (Phi) is 5.89. The summed E-state index contributed by atoms with van der Waals surface area (Å²) in [4.78, 5) is 14.8. The van der Waals surface area contributed by atoms with Gasteiger partial charge in [-0.2, -0.15) is 0 Å². The Morgan fingerprint density at radius 2 is 1.84 bits per heavy atom. The van der Waals surface area contributed by atoms with Gasteiger partial charge in [0.25, 0.3) is 0 Å². The topological polar surface area (TPSA) is 81.5 Å². The van der Waals surface area contributed by atoms with Crippen molar-refractivity contribution in [2.24, 2.45) is 7.05 Å². The number of fused-ring (bicyclic) bond motifs is 1. The minimum Gasteiger partial charge on any atom is -0.485 e. The molecule has 0 spiro atoms. The summed E-state index contributed by atoms with van der Waals surface area (Å²) in [7, 11) is 1.87. The van der Waals surface area contributed by atoms with E-state index in [1.165, 1.54) is 30.3 Å². The van der Waals surface area contributed by atoms with Gasteiger partial charge in [-0.1, -0.05) is 23.9 Å². The number of anilines is 2. The molecule has 5 rings (SSSR count). The average Bonchev–Trinajstić information content (AvgIpc) is 3.48. The van der Waals surface area contributed by atoms with Crippen LogP contribution in [-0.2, 0) is 11.8 Å². The Labute approximate surface area is 190 Å². The van der Waals surface area contributed by atoms with Crippen LogP contribution in [0, 0.1) is 0 Å². The largest absolute Gasteiger partial charge is 0.485 e. The molecule has 3 heterocycles. The van der Waals surface area contributed by atoms with Crippen LogP contribution in [0.15, 0.2) is 53.7 Å². The smallest absolute Gasteiger partial charge is 0.234 e. The first kappa shape index (κ1) is 20.7. The predicted molar refractivity (Wildman–Crippen MR) is 124 cm³/mol.